The van der Waals surface area contributed by atoms with Crippen LogP contribution in [0.5, 0.6) is 0 Å². The van der Waals surface area contributed by atoms with Gasteiger partial charge >= 0.3 is 0 Å². The average Bonchev–Trinajstić information content (AvgIpc) is 2.81. The second-order valence-electron chi connectivity index (χ2n) is 3.95. The normalized spacial score (nSPS) is 12.1. The lowest BCUT2D eigenvalue weighted by molar-refractivity contribution is 0.687. The third kappa shape index (κ3) is 3.09. The topological polar surface area (TPSA) is 54.5 Å². The van der Waals surface area contributed by atoms with Crippen LogP contribution in [0.25, 0.3) is 11.4 Å². The van der Waals surface area contributed by atoms with E-state index in [0.717, 1.165) is 23.1 Å². The quantitative estimate of drug-likeness (QED) is 0.808. The molecule has 4 nitrogen and oxygen atoms in total. The molecule has 1 aromatic heterocycles. The minimum absolute atomic E-state index is 0.151. The van der Waals surface area contributed by atoms with Gasteiger partial charge in [0.25, 0.3) is 0 Å². The number of thioether (sulfide) groups is 1. The van der Waals surface area contributed by atoms with Crippen molar-refractivity contribution in [1.82, 2.24) is 14.8 Å². The van der Waals surface area contributed by atoms with Crippen molar-refractivity contribution >= 4 is 23.4 Å². The number of nitrogens with zero attached hydrogens (tertiary/aromatic N) is 4. The molecule has 0 amide bonds. The Morgan fingerprint density at radius 3 is 2.89 bits per heavy atom. The summed E-state index contributed by atoms with van der Waals surface area (Å²) in [6.07, 6.45) is 0. The first-order chi connectivity index (χ1) is 9.15. The van der Waals surface area contributed by atoms with E-state index in [0.29, 0.717) is 5.02 Å². The van der Waals surface area contributed by atoms with Crippen LogP contribution in [0.4, 0.5) is 0 Å². The zero-order chi connectivity index (χ0) is 13.8. The average molecular weight is 293 g/mol. The minimum atomic E-state index is -0.151. The highest BCUT2D eigenvalue weighted by molar-refractivity contribution is 8.00. The van der Waals surface area contributed by atoms with Gasteiger partial charge in [-0.2, -0.15) is 5.26 Å². The standard InChI is InChI=1S/C13H13ClN4S/c1-3-18-12(10-5-4-6-11(14)7-10)16-17-13(18)19-9(2)8-15/h4-7,9H,3H2,1-2H3/t9-/m0/s1. The molecule has 0 saturated heterocycles. The first-order valence-electron chi connectivity index (χ1n) is 5.91. The molecule has 0 fully saturated rings. The monoisotopic (exact) mass is 292 g/mol. The Morgan fingerprint density at radius 1 is 1.47 bits per heavy atom. The van der Waals surface area contributed by atoms with Crippen LogP contribution in [-0.4, -0.2) is 20.0 Å². The highest BCUT2D eigenvalue weighted by atomic mass is 35.5. The Balaban J connectivity index is 2.40. The van der Waals surface area contributed by atoms with E-state index in [1.165, 1.54) is 11.8 Å². The van der Waals surface area contributed by atoms with E-state index in [9.17, 15) is 0 Å². The lowest BCUT2D eigenvalue weighted by Crippen LogP contribution is -2.02. The van der Waals surface area contributed by atoms with Gasteiger partial charge in [0.1, 0.15) is 0 Å². The van der Waals surface area contributed by atoms with E-state index in [2.05, 4.69) is 16.3 Å². The van der Waals surface area contributed by atoms with Gasteiger partial charge in [-0.25, -0.2) is 0 Å². The molecule has 0 aliphatic heterocycles. The molecule has 2 aromatic rings. The fraction of sp³-hybridized carbons (Fsp3) is 0.308. The number of hydrogen-bond donors (Lipinski definition) is 0. The highest BCUT2D eigenvalue weighted by Gasteiger charge is 2.15. The number of halogens is 1. The molecule has 0 aliphatic carbocycles. The highest BCUT2D eigenvalue weighted by Crippen LogP contribution is 2.27. The lowest BCUT2D eigenvalue weighted by atomic mass is 10.2. The molecular weight excluding hydrogens is 280 g/mol. The summed E-state index contributed by atoms with van der Waals surface area (Å²) in [5.41, 5.74) is 0.929. The van der Waals surface area contributed by atoms with Crippen LogP contribution in [0.3, 0.4) is 0 Å². The van der Waals surface area contributed by atoms with Crippen LogP contribution in [-0.2, 0) is 6.54 Å². The fourth-order valence-corrected chi connectivity index (χ4v) is 2.68. The van der Waals surface area contributed by atoms with Gasteiger partial charge in [0, 0.05) is 17.1 Å². The van der Waals surface area contributed by atoms with Gasteiger partial charge < -0.3 is 4.57 Å². The number of nitriles is 1. The summed E-state index contributed by atoms with van der Waals surface area (Å²) in [5.74, 6) is 0.776. The molecule has 1 heterocycles. The Morgan fingerprint density at radius 2 is 2.26 bits per heavy atom. The second kappa shape index (κ2) is 6.09. The zero-order valence-electron chi connectivity index (χ0n) is 10.7. The van der Waals surface area contributed by atoms with E-state index in [1.807, 2.05) is 42.7 Å². The van der Waals surface area contributed by atoms with Crippen molar-refractivity contribution in [3.05, 3.63) is 29.3 Å². The summed E-state index contributed by atoms with van der Waals surface area (Å²) >= 11 is 7.41. The Bertz CT molecular complexity index is 617. The summed E-state index contributed by atoms with van der Waals surface area (Å²) in [4.78, 5) is 0. The Labute approximate surface area is 121 Å². The van der Waals surface area contributed by atoms with Crippen molar-refractivity contribution in [3.63, 3.8) is 0 Å². The van der Waals surface area contributed by atoms with Gasteiger partial charge in [-0.3, -0.25) is 0 Å². The zero-order valence-corrected chi connectivity index (χ0v) is 12.2. The number of hydrogen-bond acceptors (Lipinski definition) is 4. The lowest BCUT2D eigenvalue weighted by Gasteiger charge is -2.08. The molecule has 0 bridgehead atoms. The van der Waals surface area contributed by atoms with E-state index < -0.39 is 0 Å². The molecule has 98 valence electrons. The summed E-state index contributed by atoms with van der Waals surface area (Å²) in [6.45, 7) is 4.62. The molecule has 19 heavy (non-hydrogen) atoms. The fourth-order valence-electron chi connectivity index (χ4n) is 1.69. The molecule has 0 saturated carbocycles. The van der Waals surface area contributed by atoms with Crippen molar-refractivity contribution in [3.8, 4) is 17.5 Å². The van der Waals surface area contributed by atoms with Crippen LogP contribution in [0.15, 0.2) is 29.4 Å². The SMILES string of the molecule is CCn1c(S[C@@H](C)C#N)nnc1-c1cccc(Cl)c1. The van der Waals surface area contributed by atoms with Crippen molar-refractivity contribution < 1.29 is 0 Å². The molecule has 0 radical (unpaired) electrons. The Hall–Kier alpha value is -1.51. The van der Waals surface area contributed by atoms with Crippen LogP contribution in [0.2, 0.25) is 5.02 Å². The maximum atomic E-state index is 8.87. The van der Waals surface area contributed by atoms with Gasteiger partial charge in [0.2, 0.25) is 0 Å². The van der Waals surface area contributed by atoms with Crippen LogP contribution >= 0.6 is 23.4 Å². The number of aromatic nitrogens is 3. The van der Waals surface area contributed by atoms with Crippen LogP contribution in [0.1, 0.15) is 13.8 Å². The first kappa shape index (κ1) is 13.9. The first-order valence-corrected chi connectivity index (χ1v) is 7.17. The Kier molecular flexibility index (Phi) is 4.46. The van der Waals surface area contributed by atoms with Crippen molar-refractivity contribution in [2.45, 2.75) is 30.8 Å². The molecule has 1 aromatic carbocycles. The van der Waals surface area contributed by atoms with Crippen LogP contribution < -0.4 is 0 Å². The summed E-state index contributed by atoms with van der Waals surface area (Å²) in [5, 5.41) is 18.5. The predicted molar refractivity (Wildman–Crippen MR) is 77.1 cm³/mol. The molecule has 0 aliphatic rings. The smallest absolute Gasteiger partial charge is 0.192 e. The van der Waals surface area contributed by atoms with Gasteiger partial charge in [0.05, 0.1) is 11.3 Å². The van der Waals surface area contributed by atoms with E-state index in [1.54, 1.807) is 0 Å². The van der Waals surface area contributed by atoms with Crippen molar-refractivity contribution in [2.75, 3.05) is 0 Å². The molecular formula is C13H13ClN4S. The molecule has 0 N–H and O–H groups in total. The van der Waals surface area contributed by atoms with Crippen molar-refractivity contribution in [1.29, 1.82) is 5.26 Å². The third-order valence-electron chi connectivity index (χ3n) is 2.58. The number of rotatable bonds is 4. The predicted octanol–water partition coefficient (Wildman–Crippen LogP) is 3.62. The van der Waals surface area contributed by atoms with Crippen LogP contribution in [0, 0.1) is 11.3 Å². The third-order valence-corrected chi connectivity index (χ3v) is 3.79. The number of benzene rings is 1. The molecule has 6 heteroatoms. The summed E-state index contributed by atoms with van der Waals surface area (Å²) in [6, 6.07) is 9.70. The summed E-state index contributed by atoms with van der Waals surface area (Å²) < 4.78 is 1.99. The molecule has 0 unspecified atom stereocenters. The molecule has 0 spiro atoms. The van der Waals surface area contributed by atoms with E-state index in [4.69, 9.17) is 16.9 Å². The van der Waals surface area contributed by atoms with E-state index >= 15 is 0 Å². The van der Waals surface area contributed by atoms with Gasteiger partial charge in [-0.1, -0.05) is 35.5 Å². The summed E-state index contributed by atoms with van der Waals surface area (Å²) in [7, 11) is 0. The molecule has 1 atom stereocenters. The van der Waals surface area contributed by atoms with Gasteiger partial charge in [-0.05, 0) is 26.0 Å². The van der Waals surface area contributed by atoms with Gasteiger partial charge in [-0.15, -0.1) is 10.2 Å². The van der Waals surface area contributed by atoms with Gasteiger partial charge in [0.15, 0.2) is 11.0 Å². The molecule has 2 rings (SSSR count). The van der Waals surface area contributed by atoms with E-state index in [-0.39, 0.29) is 5.25 Å². The maximum Gasteiger partial charge on any atom is 0.192 e. The minimum Gasteiger partial charge on any atom is -0.302 e. The largest absolute Gasteiger partial charge is 0.302 e. The van der Waals surface area contributed by atoms with Crippen molar-refractivity contribution in [2.24, 2.45) is 0 Å². The maximum absolute atomic E-state index is 8.87. The second-order valence-corrected chi connectivity index (χ2v) is 5.69.